The summed E-state index contributed by atoms with van der Waals surface area (Å²) in [6.45, 7) is 5.18. The molecule has 0 bridgehead atoms. The first-order valence-electron chi connectivity index (χ1n) is 11.5. The zero-order valence-electron chi connectivity index (χ0n) is 19.6. The number of sulfonamides is 1. The van der Waals surface area contributed by atoms with Gasteiger partial charge in [-0.2, -0.15) is 4.31 Å². The number of benzene rings is 3. The predicted octanol–water partition coefficient (Wildman–Crippen LogP) is 4.17. The van der Waals surface area contributed by atoms with Crippen LogP contribution in [0, 0.1) is 6.92 Å². The SMILES string of the molecule is CCOc1ccc(S(=O)(=O)N(CC(=O)N2CCc3ccccc3C2)Cc2ccccc2)cc1C. The van der Waals surface area contributed by atoms with Crippen LogP contribution in [0.1, 0.15) is 29.2 Å². The van der Waals surface area contributed by atoms with E-state index < -0.39 is 10.0 Å². The number of hydrogen-bond donors (Lipinski definition) is 0. The molecule has 0 fully saturated rings. The molecule has 0 radical (unpaired) electrons. The van der Waals surface area contributed by atoms with Crippen molar-refractivity contribution in [3.63, 3.8) is 0 Å². The van der Waals surface area contributed by atoms with Crippen LogP contribution in [0.15, 0.2) is 77.7 Å². The molecule has 1 amide bonds. The summed E-state index contributed by atoms with van der Waals surface area (Å²) in [5.41, 5.74) is 3.92. The van der Waals surface area contributed by atoms with Gasteiger partial charge in [-0.15, -0.1) is 0 Å². The number of carbonyl (C=O) groups is 1. The quantitative estimate of drug-likeness (QED) is 0.487. The van der Waals surface area contributed by atoms with Gasteiger partial charge in [0.05, 0.1) is 18.0 Å². The maximum absolute atomic E-state index is 13.7. The van der Waals surface area contributed by atoms with Crippen molar-refractivity contribution in [1.29, 1.82) is 0 Å². The van der Waals surface area contributed by atoms with Gasteiger partial charge < -0.3 is 9.64 Å². The lowest BCUT2D eigenvalue weighted by atomic mass is 10.00. The zero-order chi connectivity index (χ0) is 24.1. The second-order valence-corrected chi connectivity index (χ2v) is 10.4. The van der Waals surface area contributed by atoms with E-state index in [2.05, 4.69) is 6.07 Å². The fourth-order valence-corrected chi connectivity index (χ4v) is 5.68. The minimum absolute atomic E-state index is 0.117. The number of rotatable bonds is 8. The Hall–Kier alpha value is -3.16. The third-order valence-electron chi connectivity index (χ3n) is 6.08. The monoisotopic (exact) mass is 478 g/mol. The first kappa shape index (κ1) is 24.0. The minimum atomic E-state index is -3.92. The van der Waals surface area contributed by atoms with Crippen LogP contribution in [-0.2, 0) is 34.3 Å². The van der Waals surface area contributed by atoms with Crippen molar-refractivity contribution >= 4 is 15.9 Å². The molecule has 178 valence electrons. The summed E-state index contributed by atoms with van der Waals surface area (Å²) in [5.74, 6) is 0.454. The summed E-state index contributed by atoms with van der Waals surface area (Å²) in [6, 6.07) is 22.3. The van der Waals surface area contributed by atoms with E-state index in [9.17, 15) is 13.2 Å². The average Bonchev–Trinajstić information content (AvgIpc) is 2.85. The molecule has 7 heteroatoms. The highest BCUT2D eigenvalue weighted by atomic mass is 32.2. The number of amides is 1. The summed E-state index contributed by atoms with van der Waals surface area (Å²) in [5, 5.41) is 0. The molecule has 6 nitrogen and oxygen atoms in total. The summed E-state index contributed by atoms with van der Waals surface area (Å²) in [7, 11) is -3.92. The fourth-order valence-electron chi connectivity index (χ4n) is 4.22. The first-order valence-corrected chi connectivity index (χ1v) is 12.9. The summed E-state index contributed by atoms with van der Waals surface area (Å²) in [4.78, 5) is 15.2. The van der Waals surface area contributed by atoms with Gasteiger partial charge in [-0.25, -0.2) is 8.42 Å². The van der Waals surface area contributed by atoms with Gasteiger partial charge >= 0.3 is 0 Å². The molecule has 0 atom stereocenters. The molecule has 0 saturated carbocycles. The molecule has 1 aliphatic rings. The standard InChI is InChI=1S/C27H30N2O4S/c1-3-33-26-14-13-25(17-21(26)2)34(31,32)29(18-22-9-5-4-6-10-22)20-27(30)28-16-15-23-11-7-8-12-24(23)19-28/h4-14,17H,3,15-16,18-20H2,1-2H3. The van der Waals surface area contributed by atoms with Crippen LogP contribution in [-0.4, -0.2) is 43.2 Å². The van der Waals surface area contributed by atoms with Crippen molar-refractivity contribution in [2.45, 2.75) is 38.3 Å². The van der Waals surface area contributed by atoms with Gasteiger partial charge in [-0.3, -0.25) is 4.79 Å². The smallest absolute Gasteiger partial charge is 0.243 e. The van der Waals surface area contributed by atoms with Crippen molar-refractivity contribution in [2.75, 3.05) is 19.7 Å². The minimum Gasteiger partial charge on any atom is -0.494 e. The van der Waals surface area contributed by atoms with E-state index in [0.29, 0.717) is 25.4 Å². The van der Waals surface area contributed by atoms with E-state index in [1.807, 2.05) is 62.4 Å². The molecule has 34 heavy (non-hydrogen) atoms. The third kappa shape index (κ3) is 5.32. The molecule has 1 heterocycles. The second kappa shape index (κ2) is 10.4. The highest BCUT2D eigenvalue weighted by Gasteiger charge is 2.30. The molecule has 0 aromatic heterocycles. The fraction of sp³-hybridized carbons (Fsp3) is 0.296. The van der Waals surface area contributed by atoms with Crippen LogP contribution >= 0.6 is 0 Å². The predicted molar refractivity (Wildman–Crippen MR) is 132 cm³/mol. The van der Waals surface area contributed by atoms with Crippen LogP contribution in [0.4, 0.5) is 0 Å². The molecular weight excluding hydrogens is 448 g/mol. The molecule has 3 aromatic carbocycles. The lowest BCUT2D eigenvalue weighted by Crippen LogP contribution is -2.44. The molecule has 0 spiro atoms. The van der Waals surface area contributed by atoms with Gasteiger partial charge in [-0.05, 0) is 60.7 Å². The van der Waals surface area contributed by atoms with Crippen molar-refractivity contribution < 1.29 is 17.9 Å². The van der Waals surface area contributed by atoms with Gasteiger partial charge in [0.2, 0.25) is 15.9 Å². The Bertz CT molecular complexity index is 1260. The Labute approximate surface area is 201 Å². The molecular formula is C27H30N2O4S. The number of aryl methyl sites for hydroxylation is 1. The van der Waals surface area contributed by atoms with Crippen molar-refractivity contribution in [2.24, 2.45) is 0 Å². The van der Waals surface area contributed by atoms with Crippen LogP contribution < -0.4 is 4.74 Å². The largest absolute Gasteiger partial charge is 0.494 e. The van der Waals surface area contributed by atoms with Gasteiger partial charge in [0.25, 0.3) is 0 Å². The van der Waals surface area contributed by atoms with Gasteiger partial charge in [0.1, 0.15) is 5.75 Å². The van der Waals surface area contributed by atoms with Crippen LogP contribution in [0.2, 0.25) is 0 Å². The summed E-state index contributed by atoms with van der Waals surface area (Å²) >= 11 is 0. The van der Waals surface area contributed by atoms with Gasteiger partial charge in [0.15, 0.2) is 0 Å². The van der Waals surface area contributed by atoms with Crippen molar-refractivity contribution in [1.82, 2.24) is 9.21 Å². The maximum Gasteiger partial charge on any atom is 0.243 e. The topological polar surface area (TPSA) is 66.9 Å². The summed E-state index contributed by atoms with van der Waals surface area (Å²) < 4.78 is 34.2. The molecule has 0 aliphatic carbocycles. The average molecular weight is 479 g/mol. The zero-order valence-corrected chi connectivity index (χ0v) is 20.4. The van der Waals surface area contributed by atoms with Crippen LogP contribution in [0.25, 0.3) is 0 Å². The normalized spacial score (nSPS) is 13.6. The molecule has 0 N–H and O–H groups in total. The van der Waals surface area contributed by atoms with Gasteiger partial charge in [0, 0.05) is 19.6 Å². The second-order valence-electron chi connectivity index (χ2n) is 8.45. The molecule has 4 rings (SSSR count). The lowest BCUT2D eigenvalue weighted by Gasteiger charge is -2.31. The Morgan fingerprint density at radius 1 is 1.00 bits per heavy atom. The highest BCUT2D eigenvalue weighted by Crippen LogP contribution is 2.26. The number of hydrogen-bond acceptors (Lipinski definition) is 4. The number of fused-ring (bicyclic) bond motifs is 1. The third-order valence-corrected chi connectivity index (χ3v) is 7.87. The highest BCUT2D eigenvalue weighted by molar-refractivity contribution is 7.89. The van der Waals surface area contributed by atoms with E-state index in [4.69, 9.17) is 4.74 Å². The number of carbonyl (C=O) groups excluding carboxylic acids is 1. The Balaban J connectivity index is 1.60. The van der Waals surface area contributed by atoms with E-state index in [0.717, 1.165) is 23.1 Å². The number of ether oxygens (including phenoxy) is 1. The molecule has 1 aliphatic heterocycles. The Kier molecular flexibility index (Phi) is 7.34. The van der Waals surface area contributed by atoms with Crippen LogP contribution in [0.5, 0.6) is 5.75 Å². The Morgan fingerprint density at radius 2 is 1.71 bits per heavy atom. The van der Waals surface area contributed by atoms with Crippen molar-refractivity contribution in [3.8, 4) is 5.75 Å². The number of nitrogens with zero attached hydrogens (tertiary/aromatic N) is 2. The molecule has 0 saturated heterocycles. The van der Waals surface area contributed by atoms with E-state index in [-0.39, 0.29) is 23.9 Å². The molecule has 0 unspecified atom stereocenters. The maximum atomic E-state index is 13.7. The lowest BCUT2D eigenvalue weighted by molar-refractivity contribution is -0.132. The van der Waals surface area contributed by atoms with Gasteiger partial charge in [-0.1, -0.05) is 54.6 Å². The summed E-state index contributed by atoms with van der Waals surface area (Å²) in [6.07, 6.45) is 0.769. The van der Waals surface area contributed by atoms with Crippen molar-refractivity contribution in [3.05, 3.63) is 95.1 Å². The van der Waals surface area contributed by atoms with E-state index >= 15 is 0 Å². The van der Waals surface area contributed by atoms with Crippen LogP contribution in [0.3, 0.4) is 0 Å². The van der Waals surface area contributed by atoms with E-state index in [1.165, 1.54) is 9.87 Å². The van der Waals surface area contributed by atoms with E-state index in [1.54, 1.807) is 23.1 Å². The molecule has 3 aromatic rings. The Morgan fingerprint density at radius 3 is 2.41 bits per heavy atom. The first-order chi connectivity index (χ1) is 16.4.